The largest absolute Gasteiger partial charge is 0.497 e. The fourth-order valence-corrected chi connectivity index (χ4v) is 3.34. The average Bonchev–Trinajstić information content (AvgIpc) is 3.17. The highest BCUT2D eigenvalue weighted by Gasteiger charge is 2.33. The zero-order valence-electron chi connectivity index (χ0n) is 16.0. The first-order valence-corrected chi connectivity index (χ1v) is 9.06. The highest BCUT2D eigenvalue weighted by molar-refractivity contribution is 6.03. The molecule has 0 spiro atoms. The number of amides is 2. The summed E-state index contributed by atoms with van der Waals surface area (Å²) in [6.45, 7) is 0. The Kier molecular flexibility index (Phi) is 4.90. The van der Waals surface area contributed by atoms with Crippen LogP contribution in [0.3, 0.4) is 0 Å². The van der Waals surface area contributed by atoms with Gasteiger partial charge >= 0.3 is 0 Å². The van der Waals surface area contributed by atoms with Crippen LogP contribution in [0.2, 0.25) is 0 Å². The number of aromatic nitrogens is 2. The Balaban J connectivity index is 1.65. The summed E-state index contributed by atoms with van der Waals surface area (Å²) in [4.78, 5) is 25.2. The van der Waals surface area contributed by atoms with Crippen LogP contribution in [-0.2, 0) is 9.59 Å². The Hall–Kier alpha value is -3.81. The maximum absolute atomic E-state index is 12.9. The second-order valence-corrected chi connectivity index (χ2v) is 6.54. The molecule has 2 amide bonds. The predicted octanol–water partition coefficient (Wildman–Crippen LogP) is 3.09. The Bertz CT molecular complexity index is 1060. The summed E-state index contributed by atoms with van der Waals surface area (Å²) < 4.78 is 12.1. The number of hydrogen-bond acceptors (Lipinski definition) is 5. The van der Waals surface area contributed by atoms with Gasteiger partial charge in [-0.2, -0.15) is 5.10 Å². The molecule has 3 aromatic rings. The molecule has 2 N–H and O–H groups in total. The fourth-order valence-electron chi connectivity index (χ4n) is 3.34. The zero-order chi connectivity index (χ0) is 20.4. The van der Waals surface area contributed by atoms with Gasteiger partial charge < -0.3 is 20.1 Å². The van der Waals surface area contributed by atoms with Gasteiger partial charge in [-0.15, -0.1) is 0 Å². The quantitative estimate of drug-likeness (QED) is 0.696. The standard InChI is InChI=1S/C21H20N4O4/c1-28-14-9-7-13(8-10-14)23-21(27)17-11-19(26)24-20-16(12-22-25(17)20)15-5-3-4-6-18(15)29-2/h3-10,12,17H,11H2,1-2H3,(H,23,27)(H,24,26). The van der Waals surface area contributed by atoms with Crippen LogP contribution >= 0.6 is 0 Å². The minimum atomic E-state index is -0.760. The number of hydrogen-bond donors (Lipinski definition) is 2. The first-order chi connectivity index (χ1) is 14.1. The van der Waals surface area contributed by atoms with Gasteiger partial charge in [0.15, 0.2) is 0 Å². The second-order valence-electron chi connectivity index (χ2n) is 6.54. The van der Waals surface area contributed by atoms with E-state index in [1.54, 1.807) is 49.4 Å². The topological polar surface area (TPSA) is 94.5 Å². The van der Waals surface area contributed by atoms with E-state index in [2.05, 4.69) is 15.7 Å². The smallest absolute Gasteiger partial charge is 0.249 e. The average molecular weight is 392 g/mol. The van der Waals surface area contributed by atoms with Crippen molar-refractivity contribution < 1.29 is 19.1 Å². The van der Waals surface area contributed by atoms with E-state index in [9.17, 15) is 9.59 Å². The highest BCUT2D eigenvalue weighted by Crippen LogP contribution is 2.38. The molecule has 1 aromatic heterocycles. The van der Waals surface area contributed by atoms with Crippen LogP contribution in [-0.4, -0.2) is 35.8 Å². The van der Waals surface area contributed by atoms with Crippen molar-refractivity contribution in [2.75, 3.05) is 24.9 Å². The number of carbonyl (C=O) groups is 2. The van der Waals surface area contributed by atoms with E-state index < -0.39 is 6.04 Å². The molecule has 29 heavy (non-hydrogen) atoms. The number of nitrogens with one attached hydrogen (secondary N) is 2. The second kappa shape index (κ2) is 7.67. The van der Waals surface area contributed by atoms with Gasteiger partial charge in [-0.25, -0.2) is 4.68 Å². The van der Waals surface area contributed by atoms with Crippen molar-refractivity contribution in [3.05, 3.63) is 54.7 Å². The fraction of sp³-hybridized carbons (Fsp3) is 0.190. The molecule has 8 heteroatoms. The third kappa shape index (κ3) is 3.52. The van der Waals surface area contributed by atoms with Crippen LogP contribution in [0.15, 0.2) is 54.7 Å². The summed E-state index contributed by atoms with van der Waals surface area (Å²) >= 11 is 0. The highest BCUT2D eigenvalue weighted by atomic mass is 16.5. The monoisotopic (exact) mass is 392 g/mol. The van der Waals surface area contributed by atoms with Crippen LogP contribution in [0.4, 0.5) is 11.5 Å². The third-order valence-electron chi connectivity index (χ3n) is 4.78. The molecule has 0 radical (unpaired) electrons. The molecule has 1 atom stereocenters. The number of rotatable bonds is 5. The Morgan fingerprint density at radius 3 is 2.59 bits per heavy atom. The van der Waals surface area contributed by atoms with E-state index in [0.29, 0.717) is 28.6 Å². The van der Waals surface area contributed by atoms with Crippen molar-refractivity contribution in [2.24, 2.45) is 0 Å². The van der Waals surface area contributed by atoms with Gasteiger partial charge in [-0.1, -0.05) is 18.2 Å². The SMILES string of the molecule is COc1ccc(NC(=O)C2CC(=O)Nc3c(-c4ccccc4OC)cnn32)cc1. The van der Waals surface area contributed by atoms with E-state index in [1.165, 1.54) is 0 Å². The maximum Gasteiger partial charge on any atom is 0.249 e. The lowest BCUT2D eigenvalue weighted by Crippen LogP contribution is -2.35. The minimum absolute atomic E-state index is 0.00202. The summed E-state index contributed by atoms with van der Waals surface area (Å²) in [7, 11) is 3.16. The first kappa shape index (κ1) is 18.5. The number of anilines is 2. The van der Waals surface area contributed by atoms with Crippen molar-refractivity contribution >= 4 is 23.3 Å². The van der Waals surface area contributed by atoms with Crippen molar-refractivity contribution in [2.45, 2.75) is 12.5 Å². The number of fused-ring (bicyclic) bond motifs is 1. The van der Waals surface area contributed by atoms with Crippen LogP contribution in [0.5, 0.6) is 11.5 Å². The number of para-hydroxylation sites is 1. The molecule has 0 saturated heterocycles. The molecule has 148 valence electrons. The molecule has 8 nitrogen and oxygen atoms in total. The zero-order valence-corrected chi connectivity index (χ0v) is 16.0. The number of nitrogens with zero attached hydrogens (tertiary/aromatic N) is 2. The van der Waals surface area contributed by atoms with Gasteiger partial charge in [0, 0.05) is 16.8 Å². The molecule has 1 aliphatic heterocycles. The molecule has 0 fully saturated rings. The van der Waals surface area contributed by atoms with Gasteiger partial charge in [-0.3, -0.25) is 9.59 Å². The lowest BCUT2D eigenvalue weighted by atomic mass is 10.1. The predicted molar refractivity (Wildman–Crippen MR) is 108 cm³/mol. The summed E-state index contributed by atoms with van der Waals surface area (Å²) in [5, 5.41) is 10.0. The van der Waals surface area contributed by atoms with Crippen LogP contribution in [0, 0.1) is 0 Å². The third-order valence-corrected chi connectivity index (χ3v) is 4.78. The lowest BCUT2D eigenvalue weighted by molar-refractivity contribution is -0.125. The molecule has 0 aliphatic carbocycles. The molecule has 2 heterocycles. The lowest BCUT2D eigenvalue weighted by Gasteiger charge is -2.24. The van der Waals surface area contributed by atoms with Crippen LogP contribution < -0.4 is 20.1 Å². The maximum atomic E-state index is 12.9. The molecule has 1 unspecified atom stereocenters. The van der Waals surface area contributed by atoms with E-state index >= 15 is 0 Å². The molecule has 4 rings (SSSR count). The Morgan fingerprint density at radius 1 is 1.10 bits per heavy atom. The van der Waals surface area contributed by atoms with Crippen molar-refractivity contribution in [1.82, 2.24) is 9.78 Å². The van der Waals surface area contributed by atoms with Gasteiger partial charge in [0.25, 0.3) is 0 Å². The molecule has 2 aromatic carbocycles. The van der Waals surface area contributed by atoms with Gasteiger partial charge in [-0.05, 0) is 30.3 Å². The summed E-state index contributed by atoms with van der Waals surface area (Å²) in [5.74, 6) is 1.25. The molecule has 0 bridgehead atoms. The molecular weight excluding hydrogens is 372 g/mol. The Morgan fingerprint density at radius 2 is 1.86 bits per heavy atom. The number of ether oxygens (including phenoxy) is 2. The van der Waals surface area contributed by atoms with E-state index in [0.717, 1.165) is 5.56 Å². The normalized spacial score (nSPS) is 15.2. The first-order valence-electron chi connectivity index (χ1n) is 9.06. The van der Waals surface area contributed by atoms with Crippen molar-refractivity contribution in [3.8, 4) is 22.6 Å². The number of benzene rings is 2. The van der Waals surface area contributed by atoms with Gasteiger partial charge in [0.05, 0.1) is 26.8 Å². The number of carbonyl (C=O) groups excluding carboxylic acids is 2. The van der Waals surface area contributed by atoms with Crippen LogP contribution in [0.25, 0.3) is 11.1 Å². The van der Waals surface area contributed by atoms with Crippen molar-refractivity contribution in [1.29, 1.82) is 0 Å². The van der Waals surface area contributed by atoms with Crippen LogP contribution in [0.1, 0.15) is 12.5 Å². The van der Waals surface area contributed by atoms with Crippen molar-refractivity contribution in [3.63, 3.8) is 0 Å². The van der Waals surface area contributed by atoms with Gasteiger partial charge in [0.2, 0.25) is 11.8 Å². The van der Waals surface area contributed by atoms with Gasteiger partial charge in [0.1, 0.15) is 23.4 Å². The molecular formula is C21H20N4O4. The minimum Gasteiger partial charge on any atom is -0.497 e. The van der Waals surface area contributed by atoms with E-state index in [1.807, 2.05) is 24.3 Å². The summed E-state index contributed by atoms with van der Waals surface area (Å²) in [6.07, 6.45) is 1.63. The van der Waals surface area contributed by atoms with E-state index in [-0.39, 0.29) is 18.2 Å². The number of methoxy groups -OCH3 is 2. The summed E-state index contributed by atoms with van der Waals surface area (Å²) in [5.41, 5.74) is 2.09. The Labute approximate surface area is 167 Å². The molecule has 1 aliphatic rings. The van der Waals surface area contributed by atoms with E-state index in [4.69, 9.17) is 9.47 Å². The summed E-state index contributed by atoms with van der Waals surface area (Å²) in [6, 6.07) is 13.7. The molecule has 0 saturated carbocycles.